The highest BCUT2D eigenvalue weighted by atomic mass is 19.4. The monoisotopic (exact) mass is 415 g/mol. The van der Waals surface area contributed by atoms with Crippen LogP contribution in [-0.4, -0.2) is 59.6 Å². The molecule has 0 aliphatic carbocycles. The predicted molar refractivity (Wildman–Crippen MR) is 93.6 cm³/mol. The van der Waals surface area contributed by atoms with Gasteiger partial charge >= 0.3 is 12.2 Å². The maximum absolute atomic E-state index is 13.9. The van der Waals surface area contributed by atoms with Gasteiger partial charge in [0.15, 0.2) is 11.6 Å². The number of benzene rings is 1. The number of ether oxygens (including phenoxy) is 1. The highest BCUT2D eigenvalue weighted by molar-refractivity contribution is 5.82. The minimum absolute atomic E-state index is 0.0163. The molecule has 4 rings (SSSR count). The van der Waals surface area contributed by atoms with Crippen LogP contribution in [0.2, 0.25) is 0 Å². The van der Waals surface area contributed by atoms with E-state index in [1.54, 1.807) is 16.7 Å². The van der Waals surface area contributed by atoms with Gasteiger partial charge in [0.05, 0.1) is 11.1 Å². The van der Waals surface area contributed by atoms with Gasteiger partial charge in [-0.25, -0.2) is 9.18 Å². The van der Waals surface area contributed by atoms with Gasteiger partial charge in [0.25, 0.3) is 0 Å². The quantitative estimate of drug-likeness (QED) is 0.773. The van der Waals surface area contributed by atoms with Gasteiger partial charge in [-0.1, -0.05) is 0 Å². The molecule has 1 unspecified atom stereocenters. The van der Waals surface area contributed by atoms with Gasteiger partial charge in [0, 0.05) is 38.5 Å². The van der Waals surface area contributed by atoms with Crippen molar-refractivity contribution in [2.75, 3.05) is 26.2 Å². The first-order valence-electron chi connectivity index (χ1n) is 9.45. The Morgan fingerprint density at radius 2 is 1.97 bits per heavy atom. The molecule has 0 aromatic heterocycles. The average molecular weight is 415 g/mol. The second-order valence-corrected chi connectivity index (χ2v) is 8.10. The molecule has 158 valence electrons. The molecule has 1 spiro atoms. The number of hydrogen-bond acceptors (Lipinski definition) is 3. The van der Waals surface area contributed by atoms with Crippen LogP contribution >= 0.6 is 0 Å². The van der Waals surface area contributed by atoms with Crippen LogP contribution in [0.15, 0.2) is 18.2 Å². The summed E-state index contributed by atoms with van der Waals surface area (Å²) in [6.07, 6.45) is -3.84. The lowest BCUT2D eigenvalue weighted by Gasteiger charge is -2.52. The number of halogens is 4. The van der Waals surface area contributed by atoms with Gasteiger partial charge in [-0.3, -0.25) is 4.79 Å². The van der Waals surface area contributed by atoms with Crippen LogP contribution in [0.5, 0.6) is 5.75 Å². The van der Waals surface area contributed by atoms with Crippen LogP contribution in [0.4, 0.5) is 22.4 Å². The summed E-state index contributed by atoms with van der Waals surface area (Å²) in [7, 11) is 0. The fourth-order valence-electron chi connectivity index (χ4n) is 4.07. The van der Waals surface area contributed by atoms with Crippen molar-refractivity contribution in [1.29, 1.82) is 0 Å². The van der Waals surface area contributed by atoms with E-state index in [0.717, 1.165) is 18.6 Å². The first kappa shape index (κ1) is 19.8. The SMILES string of the molecule is CC(Oc1ccc(C(F)(F)F)cc1F)C1CN(C(=O)N2CC3(CCC(=O)N3)C2)C1. The second kappa shape index (κ2) is 6.77. The van der Waals surface area contributed by atoms with Crippen molar-refractivity contribution in [3.8, 4) is 5.75 Å². The molecule has 0 saturated carbocycles. The lowest BCUT2D eigenvalue weighted by atomic mass is 9.88. The number of nitrogens with one attached hydrogen (secondary N) is 1. The van der Waals surface area contributed by atoms with Crippen molar-refractivity contribution in [1.82, 2.24) is 15.1 Å². The van der Waals surface area contributed by atoms with Crippen LogP contribution in [0.3, 0.4) is 0 Å². The van der Waals surface area contributed by atoms with E-state index in [9.17, 15) is 27.2 Å². The Bertz CT molecular complexity index is 832. The zero-order valence-corrected chi connectivity index (χ0v) is 15.8. The Hall–Kier alpha value is -2.52. The zero-order chi connectivity index (χ0) is 21.0. The predicted octanol–water partition coefficient (Wildman–Crippen LogP) is 2.63. The van der Waals surface area contributed by atoms with Gasteiger partial charge in [0.2, 0.25) is 5.91 Å². The summed E-state index contributed by atoms with van der Waals surface area (Å²) in [5.74, 6) is -1.33. The third-order valence-electron chi connectivity index (χ3n) is 5.91. The molecule has 0 radical (unpaired) electrons. The van der Waals surface area contributed by atoms with E-state index in [-0.39, 0.29) is 29.1 Å². The van der Waals surface area contributed by atoms with Crippen LogP contribution in [0.25, 0.3) is 0 Å². The summed E-state index contributed by atoms with van der Waals surface area (Å²) < 4.78 is 57.3. The van der Waals surface area contributed by atoms with Crippen LogP contribution < -0.4 is 10.1 Å². The van der Waals surface area contributed by atoms with Crippen molar-refractivity contribution in [2.45, 2.75) is 37.6 Å². The molecule has 1 aromatic carbocycles. The fourth-order valence-corrected chi connectivity index (χ4v) is 4.07. The summed E-state index contributed by atoms with van der Waals surface area (Å²) >= 11 is 0. The first-order chi connectivity index (χ1) is 13.6. The lowest BCUT2D eigenvalue weighted by molar-refractivity contribution is -0.137. The summed E-state index contributed by atoms with van der Waals surface area (Å²) in [5, 5.41) is 2.92. The number of likely N-dealkylation sites (tertiary alicyclic amines) is 2. The molecule has 29 heavy (non-hydrogen) atoms. The Kier molecular flexibility index (Phi) is 4.62. The molecular formula is C19H21F4N3O3. The van der Waals surface area contributed by atoms with E-state index in [4.69, 9.17) is 4.74 Å². The number of amides is 3. The third-order valence-corrected chi connectivity index (χ3v) is 5.91. The number of urea groups is 1. The minimum atomic E-state index is -4.61. The number of carbonyl (C=O) groups excluding carboxylic acids is 2. The number of carbonyl (C=O) groups is 2. The van der Waals surface area contributed by atoms with Crippen LogP contribution in [-0.2, 0) is 11.0 Å². The van der Waals surface area contributed by atoms with E-state index in [2.05, 4.69) is 5.32 Å². The molecule has 3 aliphatic heterocycles. The minimum Gasteiger partial charge on any atom is -0.487 e. The largest absolute Gasteiger partial charge is 0.487 e. The van der Waals surface area contributed by atoms with Crippen molar-refractivity contribution in [3.05, 3.63) is 29.6 Å². The molecule has 10 heteroatoms. The third kappa shape index (κ3) is 3.72. The van der Waals surface area contributed by atoms with Gasteiger partial charge in [-0.05, 0) is 31.5 Å². The number of nitrogens with zero attached hydrogens (tertiary/aromatic N) is 2. The molecule has 6 nitrogen and oxygen atoms in total. The molecule has 1 atom stereocenters. The number of rotatable bonds is 3. The second-order valence-electron chi connectivity index (χ2n) is 8.10. The van der Waals surface area contributed by atoms with E-state index in [1.165, 1.54) is 0 Å². The van der Waals surface area contributed by atoms with Crippen molar-refractivity contribution in [2.24, 2.45) is 5.92 Å². The van der Waals surface area contributed by atoms with Gasteiger partial charge in [0.1, 0.15) is 6.10 Å². The Morgan fingerprint density at radius 3 is 2.52 bits per heavy atom. The van der Waals surface area contributed by atoms with E-state index < -0.39 is 23.7 Å². The molecule has 3 fully saturated rings. The molecule has 0 bridgehead atoms. The first-order valence-corrected chi connectivity index (χ1v) is 9.45. The Balaban J connectivity index is 1.26. The van der Waals surface area contributed by atoms with Crippen LogP contribution in [0, 0.1) is 11.7 Å². The van der Waals surface area contributed by atoms with E-state index in [0.29, 0.717) is 38.7 Å². The number of hydrogen-bond donors (Lipinski definition) is 1. The molecule has 3 aliphatic rings. The maximum Gasteiger partial charge on any atom is 0.416 e. The molecular weight excluding hydrogens is 394 g/mol. The average Bonchev–Trinajstić information content (AvgIpc) is 2.95. The highest BCUT2D eigenvalue weighted by Crippen LogP contribution is 2.35. The summed E-state index contributed by atoms with van der Waals surface area (Å²) in [4.78, 5) is 27.2. The summed E-state index contributed by atoms with van der Waals surface area (Å²) in [6, 6.07) is 2.07. The molecule has 3 amide bonds. The highest BCUT2D eigenvalue weighted by Gasteiger charge is 2.51. The number of alkyl halides is 3. The van der Waals surface area contributed by atoms with Crippen molar-refractivity contribution in [3.63, 3.8) is 0 Å². The molecule has 1 N–H and O–H groups in total. The van der Waals surface area contributed by atoms with Crippen molar-refractivity contribution < 1.29 is 31.9 Å². The standard InChI is InChI=1S/C19H21F4N3O3/c1-11(29-15-3-2-13(6-14(15)20)19(21,22)23)12-7-25(8-12)17(28)26-9-18(10-26)5-4-16(27)24-18/h2-3,6,11-12H,4-5,7-10H2,1H3,(H,24,27). The van der Waals surface area contributed by atoms with Gasteiger partial charge in [-0.2, -0.15) is 13.2 Å². The Labute approximate surface area is 164 Å². The maximum atomic E-state index is 13.9. The summed E-state index contributed by atoms with van der Waals surface area (Å²) in [5.41, 5.74) is -1.34. The van der Waals surface area contributed by atoms with Crippen molar-refractivity contribution >= 4 is 11.9 Å². The van der Waals surface area contributed by atoms with Crippen LogP contribution in [0.1, 0.15) is 25.3 Å². The smallest absolute Gasteiger partial charge is 0.416 e. The topological polar surface area (TPSA) is 61.9 Å². The lowest BCUT2D eigenvalue weighted by Crippen LogP contribution is -2.71. The molecule has 1 aromatic rings. The van der Waals surface area contributed by atoms with Gasteiger partial charge < -0.3 is 19.9 Å². The molecule has 3 saturated heterocycles. The summed E-state index contributed by atoms with van der Waals surface area (Å²) in [6.45, 7) is 3.57. The van der Waals surface area contributed by atoms with E-state index in [1.807, 2.05) is 0 Å². The van der Waals surface area contributed by atoms with E-state index >= 15 is 0 Å². The molecule has 3 heterocycles. The Morgan fingerprint density at radius 1 is 1.28 bits per heavy atom. The fraction of sp³-hybridized carbons (Fsp3) is 0.579. The zero-order valence-electron chi connectivity index (χ0n) is 15.8. The normalized spacial score (nSPS) is 22.2. The van der Waals surface area contributed by atoms with Gasteiger partial charge in [-0.15, -0.1) is 0 Å².